The topological polar surface area (TPSA) is 38.5 Å². The number of rotatable bonds is 2. The molecule has 1 heterocycles. The lowest BCUT2D eigenvalue weighted by Gasteiger charge is -2.35. The molecule has 0 bridgehead atoms. The predicted molar refractivity (Wildman–Crippen MR) is 67.8 cm³/mol. The Morgan fingerprint density at radius 2 is 2.31 bits per heavy atom. The summed E-state index contributed by atoms with van der Waals surface area (Å²) in [7, 11) is 0. The Kier molecular flexibility index (Phi) is 3.34. The van der Waals surface area contributed by atoms with E-state index in [2.05, 4.69) is 24.8 Å². The van der Waals surface area contributed by atoms with Gasteiger partial charge in [-0.1, -0.05) is 13.0 Å². The molecule has 1 saturated heterocycles. The van der Waals surface area contributed by atoms with Crippen LogP contribution in [-0.2, 0) is 4.74 Å². The van der Waals surface area contributed by atoms with E-state index < -0.39 is 0 Å². The van der Waals surface area contributed by atoms with Crippen LogP contribution in [0.4, 0.5) is 11.4 Å². The molecule has 88 valence electrons. The molecule has 1 aliphatic rings. The van der Waals surface area contributed by atoms with Gasteiger partial charge in [0.05, 0.1) is 12.7 Å². The van der Waals surface area contributed by atoms with Gasteiger partial charge >= 0.3 is 0 Å². The van der Waals surface area contributed by atoms with Crippen molar-refractivity contribution < 1.29 is 4.74 Å². The lowest BCUT2D eigenvalue weighted by atomic mass is 10.1. The molecule has 1 atom stereocenters. The lowest BCUT2D eigenvalue weighted by molar-refractivity contribution is 0.0384. The van der Waals surface area contributed by atoms with Gasteiger partial charge in [-0.3, -0.25) is 0 Å². The van der Waals surface area contributed by atoms with Crippen LogP contribution in [-0.4, -0.2) is 25.8 Å². The fourth-order valence-corrected chi connectivity index (χ4v) is 2.17. The molecule has 1 aromatic rings. The molecule has 0 amide bonds. The minimum Gasteiger partial charge on any atom is -0.398 e. The zero-order valence-corrected chi connectivity index (χ0v) is 10.1. The smallest absolute Gasteiger partial charge is 0.0748 e. The van der Waals surface area contributed by atoms with Crippen molar-refractivity contribution in [3.05, 3.63) is 23.8 Å². The zero-order chi connectivity index (χ0) is 11.5. The number of ether oxygens (including phenoxy) is 1. The van der Waals surface area contributed by atoms with Gasteiger partial charge in [0.2, 0.25) is 0 Å². The van der Waals surface area contributed by atoms with Crippen LogP contribution in [0, 0.1) is 6.92 Å². The Bertz CT molecular complexity index is 365. The number of anilines is 2. The van der Waals surface area contributed by atoms with Gasteiger partial charge in [0, 0.05) is 24.5 Å². The van der Waals surface area contributed by atoms with Gasteiger partial charge in [0.1, 0.15) is 0 Å². The number of nitrogens with zero attached hydrogens (tertiary/aromatic N) is 1. The van der Waals surface area contributed by atoms with Gasteiger partial charge in [0.25, 0.3) is 0 Å². The molecule has 1 fully saturated rings. The van der Waals surface area contributed by atoms with Gasteiger partial charge in [-0.15, -0.1) is 0 Å². The van der Waals surface area contributed by atoms with Gasteiger partial charge in [-0.2, -0.15) is 0 Å². The number of hydrogen-bond donors (Lipinski definition) is 1. The van der Waals surface area contributed by atoms with Crippen molar-refractivity contribution in [1.82, 2.24) is 0 Å². The van der Waals surface area contributed by atoms with Crippen molar-refractivity contribution >= 4 is 11.4 Å². The quantitative estimate of drug-likeness (QED) is 0.776. The third kappa shape index (κ3) is 2.14. The maximum absolute atomic E-state index is 5.94. The fraction of sp³-hybridized carbons (Fsp3) is 0.538. The van der Waals surface area contributed by atoms with E-state index in [9.17, 15) is 0 Å². The van der Waals surface area contributed by atoms with E-state index in [1.54, 1.807) is 0 Å². The van der Waals surface area contributed by atoms with Crippen molar-refractivity contribution in [2.45, 2.75) is 26.4 Å². The van der Waals surface area contributed by atoms with Crippen LogP contribution in [0.15, 0.2) is 18.2 Å². The second-order valence-electron chi connectivity index (χ2n) is 4.34. The molecule has 0 saturated carbocycles. The Morgan fingerprint density at radius 3 is 3.06 bits per heavy atom. The summed E-state index contributed by atoms with van der Waals surface area (Å²) in [6, 6.07) is 6.12. The summed E-state index contributed by atoms with van der Waals surface area (Å²) < 4.78 is 5.68. The summed E-state index contributed by atoms with van der Waals surface area (Å²) in [6.45, 7) is 7.00. The van der Waals surface area contributed by atoms with Crippen LogP contribution in [0.3, 0.4) is 0 Å². The van der Waals surface area contributed by atoms with E-state index in [0.717, 1.165) is 31.8 Å². The predicted octanol–water partition coefficient (Wildman–Crippen LogP) is 2.19. The Hall–Kier alpha value is -1.22. The summed E-state index contributed by atoms with van der Waals surface area (Å²) in [5.41, 5.74) is 9.24. The lowest BCUT2D eigenvalue weighted by Crippen LogP contribution is -2.42. The molecule has 16 heavy (non-hydrogen) atoms. The first kappa shape index (κ1) is 11.3. The van der Waals surface area contributed by atoms with Crippen LogP contribution >= 0.6 is 0 Å². The van der Waals surface area contributed by atoms with E-state index in [1.807, 2.05) is 12.1 Å². The zero-order valence-electron chi connectivity index (χ0n) is 10.1. The summed E-state index contributed by atoms with van der Waals surface area (Å²) in [5.74, 6) is 0. The third-order valence-electron chi connectivity index (χ3n) is 3.28. The molecule has 0 radical (unpaired) electrons. The average molecular weight is 220 g/mol. The molecule has 3 nitrogen and oxygen atoms in total. The van der Waals surface area contributed by atoms with Crippen LogP contribution in [0.2, 0.25) is 0 Å². The molecule has 0 aliphatic carbocycles. The third-order valence-corrected chi connectivity index (χ3v) is 3.28. The summed E-state index contributed by atoms with van der Waals surface area (Å²) >= 11 is 0. The molecule has 0 spiro atoms. The minimum absolute atomic E-state index is 0.356. The van der Waals surface area contributed by atoms with Crippen LogP contribution < -0.4 is 10.6 Å². The van der Waals surface area contributed by atoms with Crippen molar-refractivity contribution in [3.8, 4) is 0 Å². The van der Waals surface area contributed by atoms with Gasteiger partial charge in [-0.05, 0) is 31.0 Å². The first-order chi connectivity index (χ1) is 7.72. The van der Waals surface area contributed by atoms with E-state index in [-0.39, 0.29) is 0 Å². The summed E-state index contributed by atoms with van der Waals surface area (Å²) in [5, 5.41) is 0. The van der Waals surface area contributed by atoms with E-state index in [4.69, 9.17) is 10.5 Å². The second kappa shape index (κ2) is 4.74. The summed E-state index contributed by atoms with van der Waals surface area (Å²) in [4.78, 5) is 2.38. The van der Waals surface area contributed by atoms with Gasteiger partial charge in [-0.25, -0.2) is 0 Å². The summed E-state index contributed by atoms with van der Waals surface area (Å²) in [6.07, 6.45) is 1.42. The standard InChI is InChI=1S/C13H20N2O/c1-3-11-9-15(7-8-16-11)13-6-4-5-12(14)10(13)2/h4-6,11H,3,7-9,14H2,1-2H3. The molecule has 0 aromatic heterocycles. The van der Waals surface area contributed by atoms with Crippen LogP contribution in [0.1, 0.15) is 18.9 Å². The monoisotopic (exact) mass is 220 g/mol. The molecular weight excluding hydrogens is 200 g/mol. The van der Waals surface area contributed by atoms with Crippen LogP contribution in [0.25, 0.3) is 0 Å². The molecule has 1 unspecified atom stereocenters. The second-order valence-corrected chi connectivity index (χ2v) is 4.34. The van der Waals surface area contributed by atoms with E-state index in [1.165, 1.54) is 11.3 Å². The van der Waals surface area contributed by atoms with Crippen molar-refractivity contribution in [2.75, 3.05) is 30.3 Å². The Morgan fingerprint density at radius 1 is 1.50 bits per heavy atom. The normalized spacial score (nSPS) is 21.1. The maximum atomic E-state index is 5.94. The molecule has 3 heteroatoms. The molecule has 2 N–H and O–H groups in total. The van der Waals surface area contributed by atoms with Crippen molar-refractivity contribution in [3.63, 3.8) is 0 Å². The molecule has 1 aliphatic heterocycles. The highest BCUT2D eigenvalue weighted by atomic mass is 16.5. The number of nitrogen functional groups attached to an aromatic ring is 1. The van der Waals surface area contributed by atoms with E-state index >= 15 is 0 Å². The fourth-order valence-electron chi connectivity index (χ4n) is 2.17. The van der Waals surface area contributed by atoms with E-state index in [0.29, 0.717) is 6.10 Å². The van der Waals surface area contributed by atoms with Crippen LogP contribution in [0.5, 0.6) is 0 Å². The molecule has 2 rings (SSSR count). The maximum Gasteiger partial charge on any atom is 0.0748 e. The number of hydrogen-bond acceptors (Lipinski definition) is 3. The number of nitrogens with two attached hydrogens (primary N) is 1. The highest BCUT2D eigenvalue weighted by molar-refractivity contribution is 5.64. The van der Waals surface area contributed by atoms with Gasteiger partial charge in [0.15, 0.2) is 0 Å². The highest BCUT2D eigenvalue weighted by Crippen LogP contribution is 2.26. The first-order valence-corrected chi connectivity index (χ1v) is 5.94. The average Bonchev–Trinajstić information content (AvgIpc) is 2.33. The Balaban J connectivity index is 2.20. The largest absolute Gasteiger partial charge is 0.398 e. The number of benzene rings is 1. The van der Waals surface area contributed by atoms with Crippen molar-refractivity contribution in [2.24, 2.45) is 0 Å². The number of morpholine rings is 1. The highest BCUT2D eigenvalue weighted by Gasteiger charge is 2.20. The first-order valence-electron chi connectivity index (χ1n) is 5.94. The van der Waals surface area contributed by atoms with Gasteiger partial charge < -0.3 is 15.4 Å². The molecule has 1 aromatic carbocycles. The Labute approximate surface area is 97.2 Å². The molecular formula is C13H20N2O. The minimum atomic E-state index is 0.356. The SMILES string of the molecule is CCC1CN(c2cccc(N)c2C)CCO1. The van der Waals surface area contributed by atoms with Crippen molar-refractivity contribution in [1.29, 1.82) is 0 Å².